The van der Waals surface area contributed by atoms with E-state index in [1.165, 1.54) is 38.7 Å². The summed E-state index contributed by atoms with van der Waals surface area (Å²) in [6.45, 7) is 27.7. The van der Waals surface area contributed by atoms with Gasteiger partial charge in [0.15, 0.2) is 11.5 Å². The number of ether oxygens (including phenoxy) is 3. The summed E-state index contributed by atoms with van der Waals surface area (Å²) in [4.78, 5) is 7.35. The Balaban J connectivity index is 0.000000148. The van der Waals surface area contributed by atoms with Crippen molar-refractivity contribution in [3.8, 4) is 17.2 Å². The largest absolute Gasteiger partial charge is 0.493 e. The lowest BCUT2D eigenvalue weighted by Crippen LogP contribution is -2.10. The summed E-state index contributed by atoms with van der Waals surface area (Å²) < 4.78 is 16.0. The molecule has 0 unspecified atom stereocenters. The fourth-order valence-electron chi connectivity index (χ4n) is 5.51. The first-order chi connectivity index (χ1) is 22.8. The third-order valence-corrected chi connectivity index (χ3v) is 8.72. The average Bonchev–Trinajstić information content (AvgIpc) is 3.80. The number of benzene rings is 3. The first kappa shape index (κ1) is 37.6. The number of aromatic amines is 1. The zero-order chi connectivity index (χ0) is 36.0. The van der Waals surface area contributed by atoms with Crippen LogP contribution in [0.4, 0.5) is 0 Å². The zero-order valence-electron chi connectivity index (χ0n) is 32.0. The Morgan fingerprint density at radius 2 is 1.18 bits per heavy atom. The van der Waals surface area contributed by atoms with Crippen LogP contribution in [0.2, 0.25) is 0 Å². The minimum absolute atomic E-state index is 0.168. The van der Waals surface area contributed by atoms with Crippen molar-refractivity contribution in [3.05, 3.63) is 119 Å². The Hall–Kier alpha value is -4.25. The first-order valence-electron chi connectivity index (χ1n) is 17.5. The van der Waals surface area contributed by atoms with E-state index in [-0.39, 0.29) is 21.7 Å². The van der Waals surface area contributed by atoms with Crippen LogP contribution in [0.3, 0.4) is 0 Å². The van der Waals surface area contributed by atoms with Gasteiger partial charge in [0.2, 0.25) is 6.79 Å². The van der Waals surface area contributed by atoms with Gasteiger partial charge in [0, 0.05) is 35.9 Å². The highest BCUT2D eigenvalue weighted by atomic mass is 16.7. The lowest BCUT2D eigenvalue weighted by Gasteiger charge is -2.19. The number of nitrogens with one attached hydrogen (secondary N) is 1. The number of rotatable bonds is 0. The van der Waals surface area contributed by atoms with Crippen LogP contribution < -0.4 is 14.2 Å². The summed E-state index contributed by atoms with van der Waals surface area (Å²) >= 11 is 0. The molecule has 0 atom stereocenters. The van der Waals surface area contributed by atoms with Gasteiger partial charge in [-0.05, 0) is 79.8 Å². The molecule has 0 bridgehead atoms. The molecule has 0 radical (unpaired) electrons. The van der Waals surface area contributed by atoms with Gasteiger partial charge in [-0.2, -0.15) is 0 Å². The number of fused-ring (bicyclic) bond motifs is 3. The minimum Gasteiger partial charge on any atom is -0.493 e. The van der Waals surface area contributed by atoms with Crippen molar-refractivity contribution in [2.24, 2.45) is 0 Å². The fraction of sp³-hybridized carbons (Fsp3) is 0.432. The van der Waals surface area contributed by atoms with Gasteiger partial charge in [-0.3, -0.25) is 4.98 Å². The van der Waals surface area contributed by atoms with E-state index in [2.05, 4.69) is 160 Å². The van der Waals surface area contributed by atoms with Gasteiger partial charge in [-0.15, -0.1) is 0 Å². The van der Waals surface area contributed by atoms with Crippen LogP contribution in [0, 0.1) is 0 Å². The molecule has 1 N–H and O–H groups in total. The number of nitrogens with zero attached hydrogens (tertiary/aromatic N) is 1. The van der Waals surface area contributed by atoms with Crippen molar-refractivity contribution in [2.75, 3.05) is 13.4 Å². The van der Waals surface area contributed by atoms with E-state index in [0.29, 0.717) is 6.79 Å². The van der Waals surface area contributed by atoms with Gasteiger partial charge in [0.05, 0.1) is 6.61 Å². The molecule has 0 saturated heterocycles. The molecule has 5 nitrogen and oxygen atoms in total. The molecule has 2 aromatic heterocycles. The number of para-hydroxylation sites is 1. The van der Waals surface area contributed by atoms with Gasteiger partial charge in [0.25, 0.3) is 0 Å². The molecule has 2 aliphatic heterocycles. The molecule has 49 heavy (non-hydrogen) atoms. The zero-order valence-corrected chi connectivity index (χ0v) is 32.0. The summed E-state index contributed by atoms with van der Waals surface area (Å²) in [6, 6.07) is 25.2. The molecule has 2 aliphatic rings. The van der Waals surface area contributed by atoms with Crippen LogP contribution in [0.15, 0.2) is 91.4 Å². The summed E-state index contributed by atoms with van der Waals surface area (Å²) in [7, 11) is 0. The molecule has 0 saturated carbocycles. The molecule has 3 aromatic carbocycles. The van der Waals surface area contributed by atoms with E-state index < -0.39 is 0 Å². The van der Waals surface area contributed by atoms with Crippen LogP contribution in [-0.2, 0) is 28.1 Å². The van der Waals surface area contributed by atoms with Crippen molar-refractivity contribution in [2.45, 2.75) is 111 Å². The molecule has 4 heterocycles. The van der Waals surface area contributed by atoms with E-state index in [9.17, 15) is 0 Å². The van der Waals surface area contributed by atoms with Crippen molar-refractivity contribution in [1.29, 1.82) is 0 Å². The van der Waals surface area contributed by atoms with Gasteiger partial charge < -0.3 is 19.2 Å². The molecule has 0 fully saturated rings. The third kappa shape index (κ3) is 10.4. The van der Waals surface area contributed by atoms with E-state index in [1.807, 2.05) is 18.3 Å². The maximum atomic E-state index is 5.47. The normalized spacial score (nSPS) is 13.6. The highest BCUT2D eigenvalue weighted by Gasteiger charge is 2.20. The predicted octanol–water partition coefficient (Wildman–Crippen LogP) is 11.5. The molecule has 7 rings (SSSR count). The molecule has 5 aromatic rings. The smallest absolute Gasteiger partial charge is 0.231 e. The van der Waals surface area contributed by atoms with E-state index in [1.54, 1.807) is 6.20 Å². The topological polar surface area (TPSA) is 56.4 Å². The van der Waals surface area contributed by atoms with Crippen molar-refractivity contribution in [3.63, 3.8) is 0 Å². The van der Waals surface area contributed by atoms with Crippen LogP contribution in [0.25, 0.3) is 10.9 Å². The van der Waals surface area contributed by atoms with Crippen LogP contribution >= 0.6 is 0 Å². The lowest BCUT2D eigenvalue weighted by molar-refractivity contribution is 0.174. The molecular formula is C44H58N2O3. The lowest BCUT2D eigenvalue weighted by atomic mass is 9.86. The fourth-order valence-corrected chi connectivity index (χ4v) is 5.51. The standard InChI is InChI=1S/C12H15N.C12H16O.C11H14O2.C9H13N/c1-12(2,3)10-8-13-11-7-5-4-6-9(10)11;1-12(2,3)10-4-5-11-9(8-10)6-7-13-11;1-11(2,3)8-4-5-9-10(6-8)13-7-12-9;1-9(2,3)8-5-4-6-10-7-8/h4-8,13H,1-3H3;4-5,8H,6-7H2,1-3H3;4-6H,7H2,1-3H3;4-7H,1-3H3. The average molecular weight is 663 g/mol. The number of pyridine rings is 1. The van der Waals surface area contributed by atoms with Gasteiger partial charge in [-0.25, -0.2) is 0 Å². The predicted molar refractivity (Wildman–Crippen MR) is 206 cm³/mol. The number of H-pyrrole nitrogens is 1. The Morgan fingerprint density at radius 1 is 0.571 bits per heavy atom. The maximum absolute atomic E-state index is 5.47. The Morgan fingerprint density at radius 3 is 1.78 bits per heavy atom. The van der Waals surface area contributed by atoms with Gasteiger partial charge in [0.1, 0.15) is 5.75 Å². The second-order valence-electron chi connectivity index (χ2n) is 17.0. The number of hydrogen-bond donors (Lipinski definition) is 1. The van der Waals surface area contributed by atoms with Crippen molar-refractivity contribution < 1.29 is 14.2 Å². The minimum atomic E-state index is 0.168. The third-order valence-electron chi connectivity index (χ3n) is 8.72. The van der Waals surface area contributed by atoms with E-state index in [4.69, 9.17) is 14.2 Å². The molecule has 0 spiro atoms. The molecule has 0 aliphatic carbocycles. The SMILES string of the molecule is CC(C)(C)c1c[nH]c2ccccc12.CC(C)(C)c1ccc2c(c1)CCO2.CC(C)(C)c1ccc2c(c1)OCO2.CC(C)(C)c1cccnc1. The maximum Gasteiger partial charge on any atom is 0.231 e. The van der Waals surface area contributed by atoms with Crippen molar-refractivity contribution in [1.82, 2.24) is 9.97 Å². The van der Waals surface area contributed by atoms with Crippen LogP contribution in [0.1, 0.15) is 111 Å². The number of aromatic nitrogens is 2. The summed E-state index contributed by atoms with van der Waals surface area (Å²) in [5.41, 5.74) is 8.82. The Bertz CT molecular complexity index is 1730. The Labute approximate surface area is 295 Å². The Kier molecular flexibility index (Phi) is 11.6. The van der Waals surface area contributed by atoms with E-state index >= 15 is 0 Å². The molecule has 5 heteroatoms. The van der Waals surface area contributed by atoms with Gasteiger partial charge in [-0.1, -0.05) is 126 Å². The second-order valence-corrected chi connectivity index (χ2v) is 17.0. The quantitative estimate of drug-likeness (QED) is 0.179. The first-order valence-corrected chi connectivity index (χ1v) is 17.5. The monoisotopic (exact) mass is 662 g/mol. The highest BCUT2D eigenvalue weighted by Crippen LogP contribution is 2.36. The summed E-state index contributed by atoms with van der Waals surface area (Å²) in [6.07, 6.45) is 6.90. The second kappa shape index (κ2) is 15.1. The summed E-state index contributed by atoms with van der Waals surface area (Å²) in [5.74, 6) is 2.80. The highest BCUT2D eigenvalue weighted by molar-refractivity contribution is 5.84. The number of hydrogen-bond acceptors (Lipinski definition) is 4. The van der Waals surface area contributed by atoms with E-state index in [0.717, 1.165) is 30.3 Å². The van der Waals surface area contributed by atoms with Crippen molar-refractivity contribution >= 4 is 10.9 Å². The van der Waals surface area contributed by atoms with Gasteiger partial charge >= 0.3 is 0 Å². The van der Waals surface area contributed by atoms with Crippen LogP contribution in [-0.4, -0.2) is 23.4 Å². The molecule has 262 valence electrons. The molecule has 0 amide bonds. The molecular weight excluding hydrogens is 604 g/mol. The van der Waals surface area contributed by atoms with Crippen LogP contribution in [0.5, 0.6) is 17.2 Å². The summed E-state index contributed by atoms with van der Waals surface area (Å²) in [5, 5.41) is 1.34.